The molecule has 0 spiro atoms. The first-order valence-electron chi connectivity index (χ1n) is 10.5. The quantitative estimate of drug-likeness (QED) is 0.685. The Morgan fingerprint density at radius 3 is 2.58 bits per heavy atom. The number of halogens is 2. The van der Waals surface area contributed by atoms with Gasteiger partial charge in [-0.15, -0.1) is 0 Å². The fourth-order valence-electron chi connectivity index (χ4n) is 4.07. The van der Waals surface area contributed by atoms with Crippen molar-refractivity contribution in [2.45, 2.75) is 37.6 Å². The first-order valence-corrected chi connectivity index (χ1v) is 10.5. The lowest BCUT2D eigenvalue weighted by atomic mass is 10.1. The van der Waals surface area contributed by atoms with Crippen molar-refractivity contribution in [3.8, 4) is 0 Å². The first-order chi connectivity index (χ1) is 14.9. The van der Waals surface area contributed by atoms with Gasteiger partial charge in [-0.05, 0) is 54.6 Å². The fraction of sp³-hybridized carbons (Fsp3) is 0.348. The van der Waals surface area contributed by atoms with Crippen LogP contribution in [0.25, 0.3) is 10.8 Å². The minimum Gasteiger partial charge on any atom is -0.338 e. The standard InChI is InChI=1S/C23H22F2N4O2/c24-23(25)8-11-28(12-9-23)22(31)16-1-6-20(27-14-16)29(17-2-3-17)18-4-5-19-15(13-18)7-10-26-21(19)30/h1,4-7,10,13-14,17H,2-3,8-9,11-12H2,(H,26,30). The van der Waals surface area contributed by atoms with Crippen LogP contribution in [0.15, 0.2) is 53.6 Å². The molecule has 31 heavy (non-hydrogen) atoms. The minimum atomic E-state index is -2.69. The number of carbonyl (C=O) groups is 1. The highest BCUT2D eigenvalue weighted by atomic mass is 19.3. The van der Waals surface area contributed by atoms with Crippen molar-refractivity contribution >= 4 is 28.2 Å². The predicted octanol–water partition coefficient (Wildman–Crippen LogP) is 4.09. The number of nitrogens with zero attached hydrogens (tertiary/aromatic N) is 3. The molecule has 1 aromatic carbocycles. The van der Waals surface area contributed by atoms with E-state index in [9.17, 15) is 18.4 Å². The number of pyridine rings is 2. The van der Waals surface area contributed by atoms with Crippen molar-refractivity contribution in [1.29, 1.82) is 0 Å². The molecule has 3 aromatic rings. The lowest BCUT2D eigenvalue weighted by Crippen LogP contribution is -2.42. The van der Waals surface area contributed by atoms with Gasteiger partial charge in [0.1, 0.15) is 5.82 Å². The lowest BCUT2D eigenvalue weighted by molar-refractivity contribution is -0.0494. The molecule has 1 aliphatic carbocycles. The fourth-order valence-corrected chi connectivity index (χ4v) is 4.07. The van der Waals surface area contributed by atoms with Crippen molar-refractivity contribution in [2.75, 3.05) is 18.0 Å². The Bertz CT molecular complexity index is 1180. The second kappa shape index (κ2) is 7.44. The predicted molar refractivity (Wildman–Crippen MR) is 114 cm³/mol. The van der Waals surface area contributed by atoms with Crippen LogP contribution in [0.5, 0.6) is 0 Å². The molecule has 1 saturated carbocycles. The summed E-state index contributed by atoms with van der Waals surface area (Å²) < 4.78 is 26.7. The molecular formula is C23H22F2N4O2. The van der Waals surface area contributed by atoms with Crippen molar-refractivity contribution in [3.05, 3.63) is 64.7 Å². The van der Waals surface area contributed by atoms with E-state index in [4.69, 9.17) is 0 Å². The molecule has 2 fully saturated rings. The van der Waals surface area contributed by atoms with Gasteiger partial charge in [0.2, 0.25) is 0 Å². The maximum atomic E-state index is 13.4. The van der Waals surface area contributed by atoms with E-state index in [1.165, 1.54) is 11.1 Å². The van der Waals surface area contributed by atoms with Crippen LogP contribution in [0.2, 0.25) is 0 Å². The molecule has 3 heterocycles. The largest absolute Gasteiger partial charge is 0.338 e. The molecule has 0 bridgehead atoms. The maximum Gasteiger partial charge on any atom is 0.255 e. The molecule has 1 N–H and O–H groups in total. The van der Waals surface area contributed by atoms with E-state index in [0.717, 1.165) is 23.9 Å². The monoisotopic (exact) mass is 424 g/mol. The number of piperidine rings is 1. The average Bonchev–Trinajstić information content (AvgIpc) is 3.59. The summed E-state index contributed by atoms with van der Waals surface area (Å²) in [4.78, 5) is 35.5. The molecule has 2 aliphatic rings. The number of anilines is 2. The van der Waals surface area contributed by atoms with Crippen LogP contribution in [-0.2, 0) is 0 Å². The number of benzene rings is 1. The molecule has 8 heteroatoms. The summed E-state index contributed by atoms with van der Waals surface area (Å²) in [7, 11) is 0. The summed E-state index contributed by atoms with van der Waals surface area (Å²) in [6.45, 7) is 0.107. The van der Waals surface area contributed by atoms with Gasteiger partial charge in [0.05, 0.1) is 5.56 Å². The number of fused-ring (bicyclic) bond motifs is 1. The zero-order valence-electron chi connectivity index (χ0n) is 16.9. The van der Waals surface area contributed by atoms with Crippen LogP contribution in [0.1, 0.15) is 36.0 Å². The zero-order valence-corrected chi connectivity index (χ0v) is 16.9. The number of amides is 1. The molecule has 1 saturated heterocycles. The molecule has 2 aromatic heterocycles. The maximum absolute atomic E-state index is 13.4. The van der Waals surface area contributed by atoms with Crippen LogP contribution >= 0.6 is 0 Å². The number of aromatic nitrogens is 2. The van der Waals surface area contributed by atoms with Crippen molar-refractivity contribution in [2.24, 2.45) is 0 Å². The SMILES string of the molecule is O=C(c1ccc(N(c2ccc3c(=O)[nH]ccc3c2)C2CC2)nc1)N1CCC(F)(F)CC1. The molecule has 0 radical (unpaired) electrons. The summed E-state index contributed by atoms with van der Waals surface area (Å²) >= 11 is 0. The summed E-state index contributed by atoms with van der Waals surface area (Å²) in [6, 6.07) is 11.4. The van der Waals surface area contributed by atoms with E-state index < -0.39 is 5.92 Å². The Balaban J connectivity index is 1.40. The average molecular weight is 424 g/mol. The molecular weight excluding hydrogens is 402 g/mol. The van der Waals surface area contributed by atoms with E-state index in [1.807, 2.05) is 24.3 Å². The Hall–Kier alpha value is -3.29. The van der Waals surface area contributed by atoms with E-state index in [-0.39, 0.29) is 37.4 Å². The summed E-state index contributed by atoms with van der Waals surface area (Å²) in [5.74, 6) is -2.24. The van der Waals surface area contributed by atoms with Crippen LogP contribution in [-0.4, -0.2) is 45.8 Å². The van der Waals surface area contributed by atoms with Gasteiger partial charge in [-0.2, -0.15) is 0 Å². The lowest BCUT2D eigenvalue weighted by Gasteiger charge is -2.31. The van der Waals surface area contributed by atoms with Crippen LogP contribution in [0.4, 0.5) is 20.3 Å². The highest BCUT2D eigenvalue weighted by Crippen LogP contribution is 2.38. The Morgan fingerprint density at radius 1 is 1.13 bits per heavy atom. The molecule has 5 rings (SSSR count). The van der Waals surface area contributed by atoms with Gasteiger partial charge in [0.15, 0.2) is 0 Å². The smallest absolute Gasteiger partial charge is 0.255 e. The van der Waals surface area contributed by atoms with Crippen molar-refractivity contribution in [1.82, 2.24) is 14.9 Å². The Morgan fingerprint density at radius 2 is 1.90 bits per heavy atom. The molecule has 1 amide bonds. The number of aromatic amines is 1. The number of rotatable bonds is 4. The first kappa shape index (κ1) is 19.7. The second-order valence-electron chi connectivity index (χ2n) is 8.23. The minimum absolute atomic E-state index is 0.0536. The van der Waals surface area contributed by atoms with E-state index >= 15 is 0 Å². The third kappa shape index (κ3) is 3.89. The van der Waals surface area contributed by atoms with Gasteiger partial charge in [-0.1, -0.05) is 0 Å². The molecule has 6 nitrogen and oxygen atoms in total. The van der Waals surface area contributed by atoms with Gasteiger partial charge in [-0.3, -0.25) is 9.59 Å². The van der Waals surface area contributed by atoms with Crippen molar-refractivity contribution in [3.63, 3.8) is 0 Å². The van der Waals surface area contributed by atoms with E-state index in [2.05, 4.69) is 14.9 Å². The third-order valence-corrected chi connectivity index (χ3v) is 5.97. The number of H-pyrrole nitrogens is 1. The van der Waals surface area contributed by atoms with Gasteiger partial charge in [0, 0.05) is 55.4 Å². The summed E-state index contributed by atoms with van der Waals surface area (Å²) in [5, 5.41) is 1.48. The van der Waals surface area contributed by atoms with Gasteiger partial charge >= 0.3 is 0 Å². The van der Waals surface area contributed by atoms with Gasteiger partial charge in [-0.25, -0.2) is 13.8 Å². The van der Waals surface area contributed by atoms with Crippen LogP contribution in [0, 0.1) is 0 Å². The van der Waals surface area contributed by atoms with Gasteiger partial charge in [0.25, 0.3) is 17.4 Å². The Kier molecular flexibility index (Phi) is 4.72. The number of likely N-dealkylation sites (tertiary alicyclic amines) is 1. The number of alkyl halides is 2. The van der Waals surface area contributed by atoms with E-state index in [0.29, 0.717) is 22.8 Å². The highest BCUT2D eigenvalue weighted by Gasteiger charge is 2.36. The second-order valence-corrected chi connectivity index (χ2v) is 8.23. The summed E-state index contributed by atoms with van der Waals surface area (Å²) in [5.41, 5.74) is 1.21. The molecule has 160 valence electrons. The highest BCUT2D eigenvalue weighted by molar-refractivity contribution is 5.94. The number of hydrogen-bond acceptors (Lipinski definition) is 4. The molecule has 1 aliphatic heterocycles. The van der Waals surface area contributed by atoms with Crippen LogP contribution < -0.4 is 10.5 Å². The van der Waals surface area contributed by atoms with E-state index in [1.54, 1.807) is 18.3 Å². The van der Waals surface area contributed by atoms with Gasteiger partial charge < -0.3 is 14.8 Å². The topological polar surface area (TPSA) is 69.3 Å². The normalized spacial score (nSPS) is 18.2. The van der Waals surface area contributed by atoms with Crippen molar-refractivity contribution < 1.29 is 13.6 Å². The molecule has 0 unspecified atom stereocenters. The number of hydrogen-bond donors (Lipinski definition) is 1. The van der Waals surface area contributed by atoms with Crippen LogP contribution in [0.3, 0.4) is 0 Å². The Labute approximate surface area is 177 Å². The summed E-state index contributed by atoms with van der Waals surface area (Å²) in [6.07, 6.45) is 4.63. The third-order valence-electron chi connectivity index (χ3n) is 5.97. The zero-order chi connectivity index (χ0) is 21.6. The number of carbonyl (C=O) groups excluding carboxylic acids is 1. The number of nitrogens with one attached hydrogen (secondary N) is 1. The molecule has 0 atom stereocenters.